The van der Waals surface area contributed by atoms with E-state index in [1.807, 2.05) is 0 Å². The van der Waals surface area contributed by atoms with Gasteiger partial charge in [0.1, 0.15) is 16.3 Å². The Labute approximate surface area is 170 Å². The van der Waals surface area contributed by atoms with Crippen LogP contribution in [0.5, 0.6) is 0 Å². The number of nitriles is 1. The van der Waals surface area contributed by atoms with Gasteiger partial charge in [0.15, 0.2) is 0 Å². The van der Waals surface area contributed by atoms with E-state index in [-0.39, 0.29) is 16.6 Å². The summed E-state index contributed by atoms with van der Waals surface area (Å²) in [6.45, 7) is 3.05. The smallest absolute Gasteiger partial charge is 0.378 e. The first-order valence-electron chi connectivity index (χ1n) is 8.88. The van der Waals surface area contributed by atoms with Crippen molar-refractivity contribution in [1.82, 2.24) is 9.88 Å². The number of thioether (sulfide) groups is 1. The van der Waals surface area contributed by atoms with Crippen molar-refractivity contribution < 1.29 is 22.7 Å². The highest BCUT2D eigenvalue weighted by molar-refractivity contribution is 8.00. The maximum absolute atomic E-state index is 13.4. The first-order chi connectivity index (χ1) is 13.8. The van der Waals surface area contributed by atoms with Gasteiger partial charge >= 0.3 is 6.18 Å². The van der Waals surface area contributed by atoms with Gasteiger partial charge < -0.3 is 9.64 Å². The largest absolute Gasteiger partial charge is 0.417 e. The van der Waals surface area contributed by atoms with Crippen LogP contribution in [0.2, 0.25) is 0 Å². The van der Waals surface area contributed by atoms with E-state index in [0.717, 1.165) is 17.8 Å². The lowest BCUT2D eigenvalue weighted by Gasteiger charge is -2.30. The summed E-state index contributed by atoms with van der Waals surface area (Å²) < 4.78 is 45.6. The molecule has 0 N–H and O–H groups in total. The maximum atomic E-state index is 13.4. The normalized spacial score (nSPS) is 15.6. The number of ether oxygens (including phenoxy) is 1. The fourth-order valence-electron chi connectivity index (χ4n) is 3.01. The number of aryl methyl sites for hydroxylation is 1. The monoisotopic (exact) mass is 421 g/mol. The third kappa shape index (κ3) is 4.89. The van der Waals surface area contributed by atoms with Gasteiger partial charge in [-0.05, 0) is 18.6 Å². The first kappa shape index (κ1) is 21.1. The summed E-state index contributed by atoms with van der Waals surface area (Å²) in [5.41, 5.74) is -0.844. The highest BCUT2D eigenvalue weighted by atomic mass is 32.2. The van der Waals surface area contributed by atoms with E-state index >= 15 is 0 Å². The van der Waals surface area contributed by atoms with Gasteiger partial charge in [-0.3, -0.25) is 4.79 Å². The van der Waals surface area contributed by atoms with E-state index in [2.05, 4.69) is 4.98 Å². The lowest BCUT2D eigenvalue weighted by molar-refractivity contribution is -0.138. The summed E-state index contributed by atoms with van der Waals surface area (Å²) in [5, 5.41) is 8.49. The number of amides is 1. The number of hydrogen-bond acceptors (Lipinski definition) is 5. The number of benzene rings is 1. The van der Waals surface area contributed by atoms with Gasteiger partial charge in [-0.25, -0.2) is 4.98 Å². The van der Waals surface area contributed by atoms with Crippen LogP contribution >= 0.6 is 11.8 Å². The summed E-state index contributed by atoms with van der Waals surface area (Å²) in [6.07, 6.45) is -4.69. The standard InChI is InChI=1S/C20H18F3N3O2S/c1-13-11-16(20(21,22)23)15(12-24)18(25-13)29-17(14-5-3-2-4-6-14)19(27)26-7-9-28-10-8-26/h2-6,11,17H,7-10H2,1H3. The van der Waals surface area contributed by atoms with Crippen molar-refractivity contribution in [3.8, 4) is 6.07 Å². The molecule has 9 heteroatoms. The van der Waals surface area contributed by atoms with Crippen LogP contribution in [0.1, 0.15) is 27.6 Å². The molecule has 0 saturated carbocycles. The second kappa shape index (κ2) is 8.84. The molecule has 1 unspecified atom stereocenters. The van der Waals surface area contributed by atoms with Gasteiger partial charge in [0, 0.05) is 18.8 Å². The Morgan fingerprint density at radius 1 is 1.28 bits per heavy atom. The van der Waals surface area contributed by atoms with Crippen LogP contribution in [0.25, 0.3) is 0 Å². The van der Waals surface area contributed by atoms with Crippen LogP contribution in [0.3, 0.4) is 0 Å². The van der Waals surface area contributed by atoms with Gasteiger partial charge in [0.05, 0.1) is 24.3 Å². The number of alkyl halides is 3. The molecule has 0 bridgehead atoms. The van der Waals surface area contributed by atoms with Crippen LogP contribution in [-0.4, -0.2) is 42.1 Å². The number of carbonyl (C=O) groups excluding carboxylic acids is 1. The minimum atomic E-state index is -4.69. The number of pyridine rings is 1. The Kier molecular flexibility index (Phi) is 6.45. The average molecular weight is 421 g/mol. The van der Waals surface area contributed by atoms with E-state index in [4.69, 9.17) is 4.74 Å². The number of carbonyl (C=O) groups is 1. The number of aromatic nitrogens is 1. The van der Waals surface area contributed by atoms with Gasteiger partial charge in [0.2, 0.25) is 5.91 Å². The van der Waals surface area contributed by atoms with Gasteiger partial charge in [-0.15, -0.1) is 0 Å². The molecule has 2 aromatic rings. The fraction of sp³-hybridized carbons (Fsp3) is 0.350. The molecule has 1 aliphatic rings. The van der Waals surface area contributed by atoms with Crippen LogP contribution in [-0.2, 0) is 15.7 Å². The highest BCUT2D eigenvalue weighted by Crippen LogP contribution is 2.41. The van der Waals surface area contributed by atoms with E-state index in [0.29, 0.717) is 31.9 Å². The van der Waals surface area contributed by atoms with Crippen molar-refractivity contribution in [3.05, 3.63) is 58.8 Å². The molecule has 3 rings (SSSR count). The molecule has 1 aromatic carbocycles. The van der Waals surface area contributed by atoms with E-state index in [9.17, 15) is 23.2 Å². The highest BCUT2D eigenvalue weighted by Gasteiger charge is 2.37. The number of morpholine rings is 1. The van der Waals surface area contributed by atoms with E-state index in [1.54, 1.807) is 41.3 Å². The van der Waals surface area contributed by atoms with Crippen molar-refractivity contribution in [2.24, 2.45) is 0 Å². The Balaban J connectivity index is 2.04. The molecule has 1 aliphatic heterocycles. The predicted octanol–water partition coefficient (Wildman–Crippen LogP) is 3.97. The second-order valence-electron chi connectivity index (χ2n) is 6.45. The molecule has 1 amide bonds. The minimum Gasteiger partial charge on any atom is -0.378 e. The first-order valence-corrected chi connectivity index (χ1v) is 9.76. The van der Waals surface area contributed by atoms with Crippen LogP contribution < -0.4 is 0 Å². The topological polar surface area (TPSA) is 66.2 Å². The number of halogens is 3. The van der Waals surface area contributed by atoms with Crippen molar-refractivity contribution in [2.75, 3.05) is 26.3 Å². The average Bonchev–Trinajstić information content (AvgIpc) is 2.71. The second-order valence-corrected chi connectivity index (χ2v) is 7.54. The maximum Gasteiger partial charge on any atom is 0.417 e. The zero-order valence-electron chi connectivity index (χ0n) is 15.6. The molecule has 5 nitrogen and oxygen atoms in total. The lowest BCUT2D eigenvalue weighted by Crippen LogP contribution is -2.42. The Bertz CT molecular complexity index is 923. The van der Waals surface area contributed by atoms with Crippen molar-refractivity contribution in [2.45, 2.75) is 23.4 Å². The Morgan fingerprint density at radius 3 is 2.52 bits per heavy atom. The zero-order chi connectivity index (χ0) is 21.0. The fourth-order valence-corrected chi connectivity index (χ4v) is 4.25. The predicted molar refractivity (Wildman–Crippen MR) is 101 cm³/mol. The van der Waals surface area contributed by atoms with E-state index < -0.39 is 22.6 Å². The molecule has 0 spiro atoms. The summed E-state index contributed by atoms with van der Waals surface area (Å²) in [5.74, 6) is -0.245. The molecule has 1 saturated heterocycles. The van der Waals surface area contributed by atoms with Crippen molar-refractivity contribution in [1.29, 1.82) is 5.26 Å². The zero-order valence-corrected chi connectivity index (χ0v) is 16.4. The SMILES string of the molecule is Cc1cc(C(F)(F)F)c(C#N)c(SC(C(=O)N2CCOCC2)c2ccccc2)n1. The number of hydrogen-bond donors (Lipinski definition) is 0. The molecular weight excluding hydrogens is 403 g/mol. The van der Waals surface area contributed by atoms with Crippen molar-refractivity contribution in [3.63, 3.8) is 0 Å². The Hall–Kier alpha value is -2.57. The van der Waals surface area contributed by atoms with E-state index in [1.165, 1.54) is 6.92 Å². The van der Waals surface area contributed by atoms with Gasteiger partial charge in [-0.2, -0.15) is 18.4 Å². The number of rotatable bonds is 4. The molecule has 0 aliphatic carbocycles. The summed E-state index contributed by atoms with van der Waals surface area (Å²) in [4.78, 5) is 19.0. The van der Waals surface area contributed by atoms with Gasteiger partial charge in [0.25, 0.3) is 0 Å². The molecule has 1 aromatic heterocycles. The third-order valence-electron chi connectivity index (χ3n) is 4.41. The lowest BCUT2D eigenvalue weighted by atomic mass is 10.1. The minimum absolute atomic E-state index is 0.102. The van der Waals surface area contributed by atoms with Crippen molar-refractivity contribution >= 4 is 17.7 Å². The van der Waals surface area contributed by atoms with Crippen LogP contribution in [0.4, 0.5) is 13.2 Å². The molecular formula is C20H18F3N3O2S. The number of nitrogens with zero attached hydrogens (tertiary/aromatic N) is 3. The third-order valence-corrected chi connectivity index (χ3v) is 5.64. The molecule has 1 fully saturated rings. The summed E-state index contributed by atoms with van der Waals surface area (Å²) >= 11 is 0.874. The molecule has 1 atom stereocenters. The Morgan fingerprint density at radius 2 is 1.93 bits per heavy atom. The quantitative estimate of drug-likeness (QED) is 0.699. The van der Waals surface area contributed by atoms with Crippen LogP contribution in [0, 0.1) is 18.3 Å². The molecule has 2 heterocycles. The molecule has 0 radical (unpaired) electrons. The summed E-state index contributed by atoms with van der Waals surface area (Å²) in [7, 11) is 0. The van der Waals surface area contributed by atoms with Gasteiger partial charge in [-0.1, -0.05) is 42.1 Å². The molecule has 152 valence electrons. The van der Waals surface area contributed by atoms with Crippen LogP contribution in [0.15, 0.2) is 41.4 Å². The summed E-state index contributed by atoms with van der Waals surface area (Å²) in [6, 6.07) is 11.3. The molecule has 29 heavy (non-hydrogen) atoms.